The molecule has 0 aliphatic carbocycles. The molecular weight excluding hydrogens is 320 g/mol. The lowest BCUT2D eigenvalue weighted by Gasteiger charge is -2.07. The predicted molar refractivity (Wildman–Crippen MR) is 81.0 cm³/mol. The number of nitrogens with zero attached hydrogens (tertiary/aromatic N) is 3. The van der Waals surface area contributed by atoms with Gasteiger partial charge in [0.05, 0.1) is 13.3 Å². The molecule has 0 bridgehead atoms. The van der Waals surface area contributed by atoms with Crippen LogP contribution in [0.4, 0.5) is 5.82 Å². The molecule has 0 spiro atoms. The van der Waals surface area contributed by atoms with Crippen LogP contribution in [0.3, 0.4) is 0 Å². The van der Waals surface area contributed by atoms with Gasteiger partial charge in [0, 0.05) is 6.54 Å². The van der Waals surface area contributed by atoms with Gasteiger partial charge in [-0.1, -0.05) is 12.1 Å². The summed E-state index contributed by atoms with van der Waals surface area (Å²) in [5, 5.41) is 7.74. The highest BCUT2D eigenvalue weighted by molar-refractivity contribution is 9.10. The summed E-state index contributed by atoms with van der Waals surface area (Å²) in [6.45, 7) is 0.703. The third-order valence-electron chi connectivity index (χ3n) is 2.95. The van der Waals surface area contributed by atoms with Crippen molar-refractivity contribution in [2.24, 2.45) is 0 Å². The van der Waals surface area contributed by atoms with Crippen molar-refractivity contribution < 1.29 is 4.74 Å². The molecule has 0 saturated heterocycles. The number of benzene rings is 1. The van der Waals surface area contributed by atoms with Gasteiger partial charge in [0.25, 0.3) is 0 Å². The van der Waals surface area contributed by atoms with Crippen molar-refractivity contribution in [3.8, 4) is 5.75 Å². The van der Waals surface area contributed by atoms with Gasteiger partial charge in [-0.25, -0.2) is 9.50 Å². The molecule has 1 aromatic carbocycles. The molecular formula is C14H13BrN4O. The van der Waals surface area contributed by atoms with Crippen molar-refractivity contribution in [1.29, 1.82) is 0 Å². The van der Waals surface area contributed by atoms with Crippen molar-refractivity contribution in [1.82, 2.24) is 14.6 Å². The first kappa shape index (κ1) is 12.9. The highest BCUT2D eigenvalue weighted by atomic mass is 79.9. The first-order valence-electron chi connectivity index (χ1n) is 6.13. The highest BCUT2D eigenvalue weighted by Crippen LogP contribution is 2.15. The number of fused-ring (bicyclic) bond motifs is 1. The fraction of sp³-hybridized carbons (Fsp3) is 0.143. The first-order valence-corrected chi connectivity index (χ1v) is 6.92. The third kappa shape index (κ3) is 2.60. The van der Waals surface area contributed by atoms with Gasteiger partial charge in [0.15, 0.2) is 5.65 Å². The lowest BCUT2D eigenvalue weighted by Crippen LogP contribution is -2.04. The Hall–Kier alpha value is -2.08. The Bertz CT molecular complexity index is 724. The van der Waals surface area contributed by atoms with Gasteiger partial charge >= 0.3 is 0 Å². The van der Waals surface area contributed by atoms with Crippen molar-refractivity contribution in [2.45, 2.75) is 6.54 Å². The van der Waals surface area contributed by atoms with Crippen LogP contribution in [0.15, 0.2) is 47.2 Å². The molecule has 20 heavy (non-hydrogen) atoms. The summed E-state index contributed by atoms with van der Waals surface area (Å²) < 4.78 is 7.72. The number of imidazole rings is 1. The normalized spacial score (nSPS) is 10.7. The quantitative estimate of drug-likeness (QED) is 0.797. The van der Waals surface area contributed by atoms with Crippen molar-refractivity contribution >= 4 is 27.4 Å². The van der Waals surface area contributed by atoms with Crippen molar-refractivity contribution in [3.05, 3.63) is 52.8 Å². The molecule has 6 heteroatoms. The van der Waals surface area contributed by atoms with Crippen LogP contribution in [-0.2, 0) is 6.54 Å². The van der Waals surface area contributed by atoms with Crippen LogP contribution >= 0.6 is 15.9 Å². The van der Waals surface area contributed by atoms with Gasteiger partial charge in [-0.3, -0.25) is 0 Å². The van der Waals surface area contributed by atoms with E-state index in [1.54, 1.807) is 17.8 Å². The fourth-order valence-electron chi connectivity index (χ4n) is 1.88. The van der Waals surface area contributed by atoms with E-state index in [9.17, 15) is 0 Å². The Balaban J connectivity index is 1.73. The van der Waals surface area contributed by atoms with E-state index in [1.165, 1.54) is 0 Å². The maximum atomic E-state index is 5.14. The average Bonchev–Trinajstić information content (AvgIpc) is 2.87. The summed E-state index contributed by atoms with van der Waals surface area (Å²) in [4.78, 5) is 4.21. The second-order valence-corrected chi connectivity index (χ2v) is 5.08. The number of rotatable bonds is 4. The smallest absolute Gasteiger partial charge is 0.154 e. The van der Waals surface area contributed by atoms with Crippen LogP contribution < -0.4 is 10.1 Å². The van der Waals surface area contributed by atoms with Gasteiger partial charge in [-0.15, -0.1) is 5.10 Å². The molecule has 0 amide bonds. The molecule has 0 aliphatic rings. The Kier molecular flexibility index (Phi) is 3.56. The summed E-state index contributed by atoms with van der Waals surface area (Å²) in [5.41, 5.74) is 1.98. The van der Waals surface area contributed by atoms with Crippen molar-refractivity contribution in [2.75, 3.05) is 12.4 Å². The van der Waals surface area contributed by atoms with Crippen LogP contribution in [0.25, 0.3) is 5.65 Å². The molecule has 0 unspecified atom stereocenters. The number of hydrogen-bond donors (Lipinski definition) is 1. The lowest BCUT2D eigenvalue weighted by atomic mass is 10.2. The topological polar surface area (TPSA) is 51.5 Å². The molecule has 0 saturated carbocycles. The standard InChI is InChI=1S/C14H13BrN4O/c1-20-11-4-2-10(3-5-11)8-16-13-6-7-14-17-9-12(15)19(14)18-13/h2-7,9H,8H2,1H3,(H,16,18). The van der Waals surface area contributed by atoms with Crippen LogP contribution in [0.2, 0.25) is 0 Å². The van der Waals surface area contributed by atoms with Gasteiger partial charge < -0.3 is 10.1 Å². The molecule has 0 aliphatic heterocycles. The highest BCUT2D eigenvalue weighted by Gasteiger charge is 2.03. The van der Waals surface area contributed by atoms with Gasteiger partial charge in [-0.2, -0.15) is 0 Å². The molecule has 2 heterocycles. The van der Waals surface area contributed by atoms with Gasteiger partial charge in [0.2, 0.25) is 0 Å². The zero-order chi connectivity index (χ0) is 13.9. The second kappa shape index (κ2) is 5.50. The van der Waals surface area contributed by atoms with E-state index >= 15 is 0 Å². The number of halogens is 1. The minimum Gasteiger partial charge on any atom is -0.497 e. The monoisotopic (exact) mass is 332 g/mol. The summed E-state index contributed by atoms with van der Waals surface area (Å²) in [5.74, 6) is 1.66. The molecule has 1 N–H and O–H groups in total. The lowest BCUT2D eigenvalue weighted by molar-refractivity contribution is 0.414. The average molecular weight is 333 g/mol. The van der Waals surface area contributed by atoms with Crippen molar-refractivity contribution in [3.63, 3.8) is 0 Å². The van der Waals surface area contributed by atoms with E-state index < -0.39 is 0 Å². The molecule has 0 fully saturated rings. The molecule has 0 atom stereocenters. The minimum absolute atomic E-state index is 0.703. The molecule has 0 radical (unpaired) electrons. The summed E-state index contributed by atoms with van der Waals surface area (Å²) in [6, 6.07) is 11.8. The Morgan fingerprint density at radius 2 is 2.00 bits per heavy atom. The Morgan fingerprint density at radius 1 is 1.20 bits per heavy atom. The number of aromatic nitrogens is 3. The van der Waals surface area contributed by atoms with E-state index in [4.69, 9.17) is 4.74 Å². The van der Waals surface area contributed by atoms with Gasteiger partial charge in [-0.05, 0) is 45.8 Å². The van der Waals surface area contributed by atoms with E-state index in [0.29, 0.717) is 6.54 Å². The number of ether oxygens (including phenoxy) is 1. The number of anilines is 1. The van der Waals surface area contributed by atoms with Crippen LogP contribution in [0.1, 0.15) is 5.56 Å². The third-order valence-corrected chi connectivity index (χ3v) is 3.49. The zero-order valence-electron chi connectivity index (χ0n) is 10.9. The van der Waals surface area contributed by atoms with E-state index in [-0.39, 0.29) is 0 Å². The Labute approximate surface area is 124 Å². The minimum atomic E-state index is 0.703. The molecule has 3 rings (SSSR count). The number of methoxy groups -OCH3 is 1. The fourth-order valence-corrected chi connectivity index (χ4v) is 2.24. The molecule has 102 valence electrons. The molecule has 2 aromatic heterocycles. The van der Waals surface area contributed by atoms with Gasteiger partial charge in [0.1, 0.15) is 16.2 Å². The zero-order valence-corrected chi connectivity index (χ0v) is 12.5. The molecule has 3 aromatic rings. The number of nitrogens with one attached hydrogen (secondary N) is 1. The summed E-state index contributed by atoms with van der Waals surface area (Å²) in [6.07, 6.45) is 1.73. The van der Waals surface area contributed by atoms with E-state index in [2.05, 4.69) is 31.3 Å². The SMILES string of the molecule is COc1ccc(CNc2ccc3ncc(Br)n3n2)cc1. The maximum Gasteiger partial charge on any atom is 0.154 e. The second-order valence-electron chi connectivity index (χ2n) is 4.27. The van der Waals surface area contributed by atoms with Crippen LogP contribution in [0.5, 0.6) is 5.75 Å². The Morgan fingerprint density at radius 3 is 2.75 bits per heavy atom. The maximum absolute atomic E-state index is 5.14. The van der Waals surface area contributed by atoms with E-state index in [0.717, 1.165) is 27.4 Å². The summed E-state index contributed by atoms with van der Waals surface area (Å²) >= 11 is 3.41. The van der Waals surface area contributed by atoms with Crippen LogP contribution in [-0.4, -0.2) is 21.7 Å². The van der Waals surface area contributed by atoms with Crippen LogP contribution in [0, 0.1) is 0 Å². The van der Waals surface area contributed by atoms with E-state index in [1.807, 2.05) is 36.4 Å². The first-order chi connectivity index (χ1) is 9.76. The number of hydrogen-bond acceptors (Lipinski definition) is 4. The molecule has 5 nitrogen and oxygen atoms in total. The largest absolute Gasteiger partial charge is 0.497 e. The summed E-state index contributed by atoms with van der Waals surface area (Å²) in [7, 11) is 1.66. The predicted octanol–water partition coefficient (Wildman–Crippen LogP) is 3.11.